The van der Waals surface area contributed by atoms with Gasteiger partial charge in [0.2, 0.25) is 0 Å². The van der Waals surface area contributed by atoms with E-state index in [1.807, 2.05) is 37.2 Å². The van der Waals surface area contributed by atoms with E-state index in [0.29, 0.717) is 6.42 Å². The highest BCUT2D eigenvalue weighted by atomic mass is 79.9. The summed E-state index contributed by atoms with van der Waals surface area (Å²) in [6.07, 6.45) is 0.592. The van der Waals surface area contributed by atoms with Crippen molar-refractivity contribution in [2.75, 3.05) is 19.0 Å². The zero-order valence-corrected chi connectivity index (χ0v) is 13.2. The van der Waals surface area contributed by atoms with Crippen molar-refractivity contribution in [3.63, 3.8) is 0 Å². The molecule has 20 heavy (non-hydrogen) atoms. The van der Waals surface area contributed by atoms with E-state index >= 15 is 0 Å². The minimum absolute atomic E-state index is 0.159. The van der Waals surface area contributed by atoms with Gasteiger partial charge in [0.05, 0.1) is 0 Å². The summed E-state index contributed by atoms with van der Waals surface area (Å²) >= 11 is 3.44. The number of nitrogens with zero attached hydrogens (tertiary/aromatic N) is 1. The number of rotatable bonds is 4. The number of hydrogen-bond donors (Lipinski definition) is 1. The molecule has 0 spiro atoms. The van der Waals surface area contributed by atoms with Gasteiger partial charge in [-0.05, 0) is 47.9 Å². The smallest absolute Gasteiger partial charge is 0.123 e. The van der Waals surface area contributed by atoms with E-state index in [0.717, 1.165) is 21.3 Å². The molecule has 106 valence electrons. The quantitative estimate of drug-likeness (QED) is 0.917. The largest absolute Gasteiger partial charge is 0.378 e. The topological polar surface area (TPSA) is 29.3 Å². The first kappa shape index (κ1) is 15.0. The Balaban J connectivity index is 2.21. The zero-order chi connectivity index (χ0) is 14.7. The fourth-order valence-electron chi connectivity index (χ4n) is 2.09. The van der Waals surface area contributed by atoms with Crippen LogP contribution in [0.3, 0.4) is 0 Å². The van der Waals surface area contributed by atoms with Crippen molar-refractivity contribution in [1.82, 2.24) is 0 Å². The van der Waals surface area contributed by atoms with Crippen LogP contribution in [0.25, 0.3) is 0 Å². The van der Waals surface area contributed by atoms with Gasteiger partial charge in [0.15, 0.2) is 0 Å². The van der Waals surface area contributed by atoms with Gasteiger partial charge >= 0.3 is 0 Å². The molecule has 2 rings (SSSR count). The molecule has 0 saturated carbocycles. The van der Waals surface area contributed by atoms with Crippen LogP contribution in [0.15, 0.2) is 46.9 Å². The molecule has 1 unspecified atom stereocenters. The highest BCUT2D eigenvalue weighted by Crippen LogP contribution is 2.25. The molecular formula is C16H18BrFN2. The Morgan fingerprint density at radius 1 is 1.20 bits per heavy atom. The van der Waals surface area contributed by atoms with Gasteiger partial charge in [-0.3, -0.25) is 0 Å². The van der Waals surface area contributed by atoms with Crippen molar-refractivity contribution in [3.8, 4) is 0 Å². The summed E-state index contributed by atoms with van der Waals surface area (Å²) in [7, 11) is 3.99. The molecule has 2 nitrogen and oxygen atoms in total. The van der Waals surface area contributed by atoms with Gasteiger partial charge in [-0.1, -0.05) is 28.1 Å². The summed E-state index contributed by atoms with van der Waals surface area (Å²) in [5.74, 6) is -0.238. The lowest BCUT2D eigenvalue weighted by atomic mass is 9.99. The number of halogens is 2. The van der Waals surface area contributed by atoms with Crippen LogP contribution >= 0.6 is 15.9 Å². The molecule has 4 heteroatoms. The molecule has 2 aromatic carbocycles. The van der Waals surface area contributed by atoms with Crippen LogP contribution < -0.4 is 10.6 Å². The maximum absolute atomic E-state index is 13.3. The van der Waals surface area contributed by atoms with Crippen molar-refractivity contribution in [1.29, 1.82) is 0 Å². The number of anilines is 1. The molecular weight excluding hydrogens is 319 g/mol. The summed E-state index contributed by atoms with van der Waals surface area (Å²) in [6.45, 7) is 0. The number of nitrogens with two attached hydrogens (primary N) is 1. The van der Waals surface area contributed by atoms with Crippen molar-refractivity contribution >= 4 is 21.6 Å². The molecule has 0 aromatic heterocycles. The third-order valence-electron chi connectivity index (χ3n) is 3.26. The van der Waals surface area contributed by atoms with Crippen LogP contribution in [0.5, 0.6) is 0 Å². The summed E-state index contributed by atoms with van der Waals surface area (Å²) < 4.78 is 14.2. The molecule has 0 amide bonds. The predicted octanol–water partition coefficient (Wildman–Crippen LogP) is 3.90. The summed E-state index contributed by atoms with van der Waals surface area (Å²) in [5, 5.41) is 0. The second-order valence-corrected chi connectivity index (χ2v) is 5.89. The third kappa shape index (κ3) is 3.58. The first-order valence-electron chi connectivity index (χ1n) is 6.44. The Morgan fingerprint density at radius 3 is 2.65 bits per heavy atom. The maximum Gasteiger partial charge on any atom is 0.123 e. The summed E-state index contributed by atoms with van der Waals surface area (Å²) in [6, 6.07) is 12.6. The average molecular weight is 337 g/mol. The standard InChI is InChI=1S/C16H18BrFN2/c1-20(2)14-5-3-4-11(9-14)16(19)10-12-8-13(18)6-7-15(12)17/h3-9,16H,10,19H2,1-2H3. The Morgan fingerprint density at radius 2 is 1.95 bits per heavy atom. The van der Waals surface area contributed by atoms with Crippen LogP contribution in [0.2, 0.25) is 0 Å². The molecule has 2 N–H and O–H groups in total. The molecule has 1 atom stereocenters. The lowest BCUT2D eigenvalue weighted by molar-refractivity contribution is 0.621. The molecule has 0 saturated heterocycles. The molecule has 2 aromatic rings. The van der Waals surface area contributed by atoms with Crippen LogP contribution in [-0.4, -0.2) is 14.1 Å². The van der Waals surface area contributed by atoms with Crippen LogP contribution in [0.4, 0.5) is 10.1 Å². The van der Waals surface area contributed by atoms with E-state index in [2.05, 4.69) is 22.0 Å². The summed E-state index contributed by atoms with van der Waals surface area (Å²) in [5.41, 5.74) is 9.29. The Kier molecular flexibility index (Phi) is 4.78. The monoisotopic (exact) mass is 336 g/mol. The van der Waals surface area contributed by atoms with E-state index in [1.54, 1.807) is 6.07 Å². The molecule has 0 aliphatic carbocycles. The van der Waals surface area contributed by atoms with E-state index in [9.17, 15) is 4.39 Å². The molecule has 0 aliphatic rings. The Bertz CT molecular complexity index is 599. The second kappa shape index (κ2) is 6.37. The third-order valence-corrected chi connectivity index (χ3v) is 4.04. The normalized spacial score (nSPS) is 12.2. The molecule has 0 aliphatic heterocycles. The van der Waals surface area contributed by atoms with Gasteiger partial charge in [0, 0.05) is 30.3 Å². The highest BCUT2D eigenvalue weighted by Gasteiger charge is 2.11. The lowest BCUT2D eigenvalue weighted by Gasteiger charge is -2.17. The van der Waals surface area contributed by atoms with Gasteiger partial charge in [-0.15, -0.1) is 0 Å². The van der Waals surface area contributed by atoms with Gasteiger partial charge in [0.25, 0.3) is 0 Å². The van der Waals surface area contributed by atoms with Gasteiger partial charge in [-0.2, -0.15) is 0 Å². The van der Waals surface area contributed by atoms with Gasteiger partial charge < -0.3 is 10.6 Å². The minimum atomic E-state index is -0.238. The molecule has 0 bridgehead atoms. The van der Waals surface area contributed by atoms with Crippen molar-refractivity contribution in [2.24, 2.45) is 5.73 Å². The van der Waals surface area contributed by atoms with E-state index < -0.39 is 0 Å². The van der Waals surface area contributed by atoms with E-state index in [-0.39, 0.29) is 11.9 Å². The molecule has 0 heterocycles. The lowest BCUT2D eigenvalue weighted by Crippen LogP contribution is -2.15. The van der Waals surface area contributed by atoms with Crippen molar-refractivity contribution in [3.05, 3.63) is 63.9 Å². The second-order valence-electron chi connectivity index (χ2n) is 5.04. The maximum atomic E-state index is 13.3. The number of hydrogen-bond acceptors (Lipinski definition) is 2. The van der Waals surface area contributed by atoms with Gasteiger partial charge in [0.1, 0.15) is 5.82 Å². The minimum Gasteiger partial charge on any atom is -0.378 e. The molecule has 0 radical (unpaired) electrons. The van der Waals surface area contributed by atoms with Crippen molar-refractivity contribution in [2.45, 2.75) is 12.5 Å². The van der Waals surface area contributed by atoms with Crippen LogP contribution in [0.1, 0.15) is 17.2 Å². The Hall–Kier alpha value is -1.39. The molecule has 0 fully saturated rings. The fourth-order valence-corrected chi connectivity index (χ4v) is 2.50. The fraction of sp³-hybridized carbons (Fsp3) is 0.250. The summed E-state index contributed by atoms with van der Waals surface area (Å²) in [4.78, 5) is 2.04. The van der Waals surface area contributed by atoms with Gasteiger partial charge in [-0.25, -0.2) is 4.39 Å². The zero-order valence-electron chi connectivity index (χ0n) is 11.6. The first-order chi connectivity index (χ1) is 9.47. The van der Waals surface area contributed by atoms with Crippen LogP contribution in [0, 0.1) is 5.82 Å². The van der Waals surface area contributed by atoms with E-state index in [4.69, 9.17) is 5.73 Å². The van der Waals surface area contributed by atoms with E-state index in [1.165, 1.54) is 12.1 Å². The Labute approximate surface area is 127 Å². The SMILES string of the molecule is CN(C)c1cccc(C(N)Cc2cc(F)ccc2Br)c1. The first-order valence-corrected chi connectivity index (χ1v) is 7.23. The predicted molar refractivity (Wildman–Crippen MR) is 85.5 cm³/mol. The highest BCUT2D eigenvalue weighted by molar-refractivity contribution is 9.10. The van der Waals surface area contributed by atoms with Crippen molar-refractivity contribution < 1.29 is 4.39 Å². The van der Waals surface area contributed by atoms with Crippen LogP contribution in [-0.2, 0) is 6.42 Å². The average Bonchev–Trinajstić information content (AvgIpc) is 2.43. The number of benzene rings is 2.